The van der Waals surface area contributed by atoms with Crippen molar-refractivity contribution >= 4 is 17.3 Å². The zero-order chi connectivity index (χ0) is 11.5. The smallest absolute Gasteiger partial charge is 0.0474 e. The molecule has 1 aliphatic heterocycles. The molecule has 0 saturated carbocycles. The quantitative estimate of drug-likeness (QED) is 0.851. The molecule has 1 N–H and O–H groups in total. The van der Waals surface area contributed by atoms with Gasteiger partial charge in [-0.25, -0.2) is 0 Å². The summed E-state index contributed by atoms with van der Waals surface area (Å²) >= 11 is 6.34. The van der Waals surface area contributed by atoms with Gasteiger partial charge in [0.15, 0.2) is 0 Å². The molecule has 0 aromatic heterocycles. The average Bonchev–Trinajstić information content (AvgIpc) is 2.30. The number of hydrogen-bond donors (Lipinski definition) is 1. The van der Waals surface area contributed by atoms with Crippen LogP contribution in [0.5, 0.6) is 0 Å². The topological polar surface area (TPSA) is 15.3 Å². The predicted molar refractivity (Wildman–Crippen MR) is 70.4 cm³/mol. The van der Waals surface area contributed by atoms with Gasteiger partial charge in [0, 0.05) is 30.8 Å². The van der Waals surface area contributed by atoms with Crippen LogP contribution in [-0.2, 0) is 0 Å². The SMILES string of the molecule is CN(C)c1ccc([C@@H]2CCCCN2)c(Cl)c1. The van der Waals surface area contributed by atoms with E-state index in [0.29, 0.717) is 6.04 Å². The Kier molecular flexibility index (Phi) is 3.72. The van der Waals surface area contributed by atoms with E-state index in [4.69, 9.17) is 11.6 Å². The molecule has 16 heavy (non-hydrogen) atoms. The van der Waals surface area contributed by atoms with Gasteiger partial charge in [0.2, 0.25) is 0 Å². The van der Waals surface area contributed by atoms with E-state index in [2.05, 4.69) is 22.3 Å². The maximum atomic E-state index is 6.34. The molecule has 1 atom stereocenters. The molecule has 1 aromatic rings. The molecule has 88 valence electrons. The van der Waals surface area contributed by atoms with Gasteiger partial charge in [-0.2, -0.15) is 0 Å². The summed E-state index contributed by atoms with van der Waals surface area (Å²) in [6.45, 7) is 1.11. The van der Waals surface area contributed by atoms with Crippen LogP contribution in [0.3, 0.4) is 0 Å². The van der Waals surface area contributed by atoms with E-state index in [0.717, 1.165) is 17.3 Å². The average molecular weight is 239 g/mol. The lowest BCUT2D eigenvalue weighted by Crippen LogP contribution is -2.27. The first-order valence-corrected chi connectivity index (χ1v) is 6.26. The number of benzene rings is 1. The summed E-state index contributed by atoms with van der Waals surface area (Å²) in [5.41, 5.74) is 2.40. The highest BCUT2D eigenvalue weighted by Crippen LogP contribution is 2.31. The highest BCUT2D eigenvalue weighted by Gasteiger charge is 2.17. The zero-order valence-corrected chi connectivity index (χ0v) is 10.7. The molecule has 0 radical (unpaired) electrons. The van der Waals surface area contributed by atoms with E-state index < -0.39 is 0 Å². The van der Waals surface area contributed by atoms with E-state index in [9.17, 15) is 0 Å². The molecule has 1 saturated heterocycles. The second kappa shape index (κ2) is 5.07. The lowest BCUT2D eigenvalue weighted by Gasteiger charge is -2.25. The Bertz CT molecular complexity index is 357. The van der Waals surface area contributed by atoms with Gasteiger partial charge in [-0.15, -0.1) is 0 Å². The molecule has 2 rings (SSSR count). The van der Waals surface area contributed by atoms with Gasteiger partial charge in [-0.1, -0.05) is 24.1 Å². The zero-order valence-electron chi connectivity index (χ0n) is 9.96. The van der Waals surface area contributed by atoms with Gasteiger partial charge in [0.05, 0.1) is 0 Å². The first-order valence-electron chi connectivity index (χ1n) is 5.88. The van der Waals surface area contributed by atoms with Gasteiger partial charge >= 0.3 is 0 Å². The summed E-state index contributed by atoms with van der Waals surface area (Å²) in [4.78, 5) is 2.07. The standard InChI is InChI=1S/C13H19ClN2/c1-16(2)10-6-7-11(12(14)9-10)13-5-3-4-8-15-13/h6-7,9,13,15H,3-5,8H2,1-2H3/t13-/m0/s1. The van der Waals surface area contributed by atoms with Gasteiger partial charge in [-0.3, -0.25) is 0 Å². The molecule has 0 bridgehead atoms. The summed E-state index contributed by atoms with van der Waals surface area (Å²) < 4.78 is 0. The number of anilines is 1. The van der Waals surface area contributed by atoms with Crippen LogP contribution in [-0.4, -0.2) is 20.6 Å². The number of nitrogens with one attached hydrogen (secondary N) is 1. The lowest BCUT2D eigenvalue weighted by atomic mass is 9.97. The predicted octanol–water partition coefficient (Wildman–Crippen LogP) is 3.22. The van der Waals surface area contributed by atoms with E-state index in [-0.39, 0.29) is 0 Å². The highest BCUT2D eigenvalue weighted by atomic mass is 35.5. The summed E-state index contributed by atoms with van der Waals surface area (Å²) in [5, 5.41) is 4.41. The second-order valence-corrected chi connectivity index (χ2v) is 5.01. The van der Waals surface area contributed by atoms with Crippen molar-refractivity contribution in [2.24, 2.45) is 0 Å². The van der Waals surface area contributed by atoms with E-state index in [1.54, 1.807) is 0 Å². The monoisotopic (exact) mass is 238 g/mol. The van der Waals surface area contributed by atoms with Crippen molar-refractivity contribution < 1.29 is 0 Å². The molecule has 0 amide bonds. The summed E-state index contributed by atoms with van der Waals surface area (Å²) in [5.74, 6) is 0. The van der Waals surface area contributed by atoms with Crippen LogP contribution in [0, 0.1) is 0 Å². The van der Waals surface area contributed by atoms with Gasteiger partial charge < -0.3 is 10.2 Å². The molecule has 0 unspecified atom stereocenters. The molecular weight excluding hydrogens is 220 g/mol. The fraction of sp³-hybridized carbons (Fsp3) is 0.538. The second-order valence-electron chi connectivity index (χ2n) is 4.60. The van der Waals surface area contributed by atoms with Crippen LogP contribution < -0.4 is 10.2 Å². The van der Waals surface area contributed by atoms with E-state index in [1.807, 2.05) is 20.2 Å². The third kappa shape index (κ3) is 2.50. The Balaban J connectivity index is 2.21. The molecular formula is C13H19ClN2. The minimum absolute atomic E-state index is 0.442. The number of hydrogen-bond acceptors (Lipinski definition) is 2. The fourth-order valence-electron chi connectivity index (χ4n) is 2.19. The minimum atomic E-state index is 0.442. The van der Waals surface area contributed by atoms with Crippen molar-refractivity contribution in [1.29, 1.82) is 0 Å². The molecule has 1 fully saturated rings. The molecule has 0 aliphatic carbocycles. The number of nitrogens with zero attached hydrogens (tertiary/aromatic N) is 1. The van der Waals surface area contributed by atoms with Gasteiger partial charge in [0.25, 0.3) is 0 Å². The number of halogens is 1. The normalized spacial score (nSPS) is 20.8. The van der Waals surface area contributed by atoms with Crippen LogP contribution in [0.15, 0.2) is 18.2 Å². The first kappa shape index (κ1) is 11.7. The molecule has 3 heteroatoms. The lowest BCUT2D eigenvalue weighted by molar-refractivity contribution is 0.412. The van der Waals surface area contributed by atoms with Crippen LogP contribution in [0.1, 0.15) is 30.9 Å². The Labute approximate surface area is 103 Å². The maximum absolute atomic E-state index is 6.34. The molecule has 0 spiro atoms. The molecule has 1 heterocycles. The van der Waals surface area contributed by atoms with Crippen LogP contribution in [0.2, 0.25) is 5.02 Å². The molecule has 1 aliphatic rings. The van der Waals surface area contributed by atoms with Gasteiger partial charge in [-0.05, 0) is 37.1 Å². The Morgan fingerprint density at radius 2 is 2.12 bits per heavy atom. The summed E-state index contributed by atoms with van der Waals surface area (Å²) in [6.07, 6.45) is 3.77. The number of piperidine rings is 1. The van der Waals surface area contributed by atoms with Gasteiger partial charge in [0.1, 0.15) is 0 Å². The Hall–Kier alpha value is -0.730. The van der Waals surface area contributed by atoms with Crippen molar-refractivity contribution in [3.05, 3.63) is 28.8 Å². The van der Waals surface area contributed by atoms with Crippen molar-refractivity contribution in [3.8, 4) is 0 Å². The third-order valence-electron chi connectivity index (χ3n) is 3.19. The molecule has 1 aromatic carbocycles. The van der Waals surface area contributed by atoms with Crippen LogP contribution >= 0.6 is 11.6 Å². The minimum Gasteiger partial charge on any atom is -0.378 e. The maximum Gasteiger partial charge on any atom is 0.0474 e. The van der Waals surface area contributed by atoms with E-state index in [1.165, 1.54) is 24.8 Å². The van der Waals surface area contributed by atoms with Crippen molar-refractivity contribution in [3.63, 3.8) is 0 Å². The van der Waals surface area contributed by atoms with Crippen molar-refractivity contribution in [1.82, 2.24) is 5.32 Å². The Morgan fingerprint density at radius 3 is 2.69 bits per heavy atom. The number of rotatable bonds is 2. The highest BCUT2D eigenvalue weighted by molar-refractivity contribution is 6.31. The Morgan fingerprint density at radius 1 is 1.31 bits per heavy atom. The van der Waals surface area contributed by atoms with Crippen LogP contribution in [0.4, 0.5) is 5.69 Å². The van der Waals surface area contributed by atoms with Crippen molar-refractivity contribution in [2.45, 2.75) is 25.3 Å². The third-order valence-corrected chi connectivity index (χ3v) is 3.51. The van der Waals surface area contributed by atoms with Crippen molar-refractivity contribution in [2.75, 3.05) is 25.5 Å². The summed E-state index contributed by atoms with van der Waals surface area (Å²) in [7, 11) is 4.06. The first-order chi connectivity index (χ1) is 7.68. The van der Waals surface area contributed by atoms with Crippen LogP contribution in [0.25, 0.3) is 0 Å². The van der Waals surface area contributed by atoms with E-state index >= 15 is 0 Å². The fourth-order valence-corrected chi connectivity index (χ4v) is 2.50. The summed E-state index contributed by atoms with van der Waals surface area (Å²) in [6, 6.07) is 6.78. The molecule has 2 nitrogen and oxygen atoms in total. The largest absolute Gasteiger partial charge is 0.378 e.